The molecule has 0 unspecified atom stereocenters. The van der Waals surface area contributed by atoms with Crippen LogP contribution in [-0.2, 0) is 22.6 Å². The van der Waals surface area contributed by atoms with Gasteiger partial charge < -0.3 is 60.6 Å². The van der Waals surface area contributed by atoms with Crippen LogP contribution in [0.25, 0.3) is 0 Å². The fraction of sp³-hybridized carbons (Fsp3) is 0.623. The molecule has 9 N–H and O–H groups in total. The Labute approximate surface area is 457 Å². The quantitative estimate of drug-likeness (QED) is 0.0951. The van der Waals surface area contributed by atoms with Crippen molar-refractivity contribution in [2.75, 3.05) is 19.0 Å². The maximum atomic E-state index is 16.6. The lowest BCUT2D eigenvalue weighted by atomic mass is 9.42. The lowest BCUT2D eigenvalue weighted by molar-refractivity contribution is -0.461. The minimum Gasteiger partial charge on any atom is -0.511 e. The minimum atomic E-state index is -2.34. The number of ketones is 2. The molecule has 13 aliphatic rings. The number of allylic oxidation sites excluding steroid dienone is 6. The molecule has 4 spiro atoms. The molecule has 77 heavy (non-hydrogen) atoms. The number of hydrogen-bond donors (Lipinski definition) is 9. The van der Waals surface area contributed by atoms with Crippen molar-refractivity contribution in [2.45, 2.75) is 156 Å². The van der Waals surface area contributed by atoms with Gasteiger partial charge in [-0.3, -0.25) is 9.59 Å². The molecule has 14 nitrogen and oxygen atoms in total. The molecule has 7 fully saturated rings. The Morgan fingerprint density at radius 3 is 2.52 bits per heavy atom. The van der Waals surface area contributed by atoms with Crippen molar-refractivity contribution in [1.29, 1.82) is 0 Å². The molecule has 2 saturated heterocycles. The summed E-state index contributed by atoms with van der Waals surface area (Å²) < 4.78 is 14.3. The fourth-order valence-electron chi connectivity index (χ4n) is 19.5. The van der Waals surface area contributed by atoms with Crippen LogP contribution in [0.2, 0.25) is 0 Å². The van der Waals surface area contributed by atoms with Crippen molar-refractivity contribution in [3.63, 3.8) is 0 Å². The molecule has 0 radical (unpaired) electrons. The van der Waals surface area contributed by atoms with Crippen LogP contribution in [0.5, 0.6) is 5.75 Å². The SMILES string of the molecule is O=C[C@H]1CCC[C@]12C[C@H]1C[C@H]3C[C@H]4[C@@H]5CC[C@@]67Oc8cccc9c8C(=O)[C@@]8(C(O)=CC(Cc%10cccc(CO)c%10)=C[C@@H]8C9=O)[C@H](CCC8(O)CCCCC8)SSCNC8=CC(=C3CN8)[C@@]1(C2)[C@H]4[C@](O)([C@H](O)[C@@]5(CO)O6)[C@H]7O. The second kappa shape index (κ2) is 18.0. The first-order chi connectivity index (χ1) is 37.1. The molecule has 410 valence electrons. The van der Waals surface area contributed by atoms with E-state index >= 15 is 9.59 Å². The largest absolute Gasteiger partial charge is 0.511 e. The average molecular weight is 1090 g/mol. The summed E-state index contributed by atoms with van der Waals surface area (Å²) in [4.78, 5) is 45.5. The molecule has 2 aromatic rings. The number of Topliss-reactive ketones (excluding diaryl/α,β-unsaturated/α-hetero) is 2. The maximum absolute atomic E-state index is 16.6. The second-order valence-electron chi connectivity index (χ2n) is 25.7. The zero-order valence-corrected chi connectivity index (χ0v) is 45.1. The predicted octanol–water partition coefficient (Wildman–Crippen LogP) is 7.06. The van der Waals surface area contributed by atoms with Gasteiger partial charge in [0.05, 0.1) is 42.0 Å². The lowest BCUT2D eigenvalue weighted by Gasteiger charge is -2.72. The highest BCUT2D eigenvalue weighted by atomic mass is 33.1. The Morgan fingerprint density at radius 1 is 0.896 bits per heavy atom. The molecule has 15 rings (SSSR count). The van der Waals surface area contributed by atoms with Gasteiger partial charge in [-0.05, 0) is 152 Å². The van der Waals surface area contributed by atoms with Gasteiger partial charge in [-0.25, -0.2) is 0 Å². The van der Waals surface area contributed by atoms with Gasteiger partial charge in [-0.1, -0.05) is 89.7 Å². The van der Waals surface area contributed by atoms with Gasteiger partial charge in [0.1, 0.15) is 40.5 Å². The number of dihydropyridines is 1. The van der Waals surface area contributed by atoms with Crippen LogP contribution in [0.4, 0.5) is 0 Å². The van der Waals surface area contributed by atoms with E-state index in [1.54, 1.807) is 24.3 Å². The van der Waals surface area contributed by atoms with Crippen molar-refractivity contribution in [1.82, 2.24) is 10.6 Å². The van der Waals surface area contributed by atoms with E-state index in [1.807, 2.05) is 30.3 Å². The fourth-order valence-corrected chi connectivity index (χ4v) is 22.3. The summed E-state index contributed by atoms with van der Waals surface area (Å²) in [5.74, 6) is -5.14. The van der Waals surface area contributed by atoms with Crippen LogP contribution in [0.15, 0.2) is 89.0 Å². The van der Waals surface area contributed by atoms with Gasteiger partial charge in [-0.2, -0.15) is 0 Å². The van der Waals surface area contributed by atoms with Crippen LogP contribution in [0, 0.1) is 57.7 Å². The summed E-state index contributed by atoms with van der Waals surface area (Å²) in [5, 5.41) is 94.6. The van der Waals surface area contributed by atoms with Crippen molar-refractivity contribution in [3.05, 3.63) is 111 Å². The second-order valence-corrected chi connectivity index (χ2v) is 28.3. The standard InChI is InChI=1S/C61H72N2O12S2/c64-28-34-8-4-7-33(19-34)20-35-21-44-50(68)39-10-5-11-45-49(39)52(69)60(44,46(67)22-35)47(13-17-56(72)15-2-1-3-16-56)77-76-32-63-48-25-43-41(27-62-48)36-23-38-26-55(14-6-9-37(55)29-65)30-57(38,43)51-40(24-36)42-12-18-59(74-45)54(71)61(51,73)53(70)58(42,31-66)75-59/h4-5,7-8,10-11,19,21-22,25,29,36-38,40,42,44,47,51,53-54,62-64,66-67,70-73H,1-3,6,9,12-18,20,23-24,26-28,30-32H2/t36-,37+,38+,40-,42-,44+,47-,51-,53+,54-,55+,57-,58-,59+,60-,61-/m0/s1. The van der Waals surface area contributed by atoms with Crippen molar-refractivity contribution in [2.24, 2.45) is 57.7 Å². The monoisotopic (exact) mass is 1090 g/mol. The normalized spacial score (nSPS) is 43.8. The molecule has 16 atom stereocenters. The number of aliphatic hydroxyl groups is 7. The van der Waals surface area contributed by atoms with Crippen LogP contribution in [0.3, 0.4) is 0 Å². The Hall–Kier alpha value is -3.97. The van der Waals surface area contributed by atoms with Gasteiger partial charge >= 0.3 is 0 Å². The molecule has 9 aliphatic carbocycles. The number of carbonyl (C=O) groups excluding carboxylic acids is 3. The molecular weight excluding hydrogens is 1020 g/mol. The molecule has 5 saturated carbocycles. The van der Waals surface area contributed by atoms with Gasteiger partial charge in [0.25, 0.3) is 0 Å². The first kappa shape index (κ1) is 51.2. The van der Waals surface area contributed by atoms with Crippen molar-refractivity contribution < 1.29 is 59.6 Å². The van der Waals surface area contributed by atoms with E-state index in [1.165, 1.54) is 27.2 Å². The highest BCUT2D eigenvalue weighted by Gasteiger charge is 2.84. The summed E-state index contributed by atoms with van der Waals surface area (Å²) in [6.07, 6.45) is 13.8. The Kier molecular flexibility index (Phi) is 12.0. The molecule has 16 heteroatoms. The zero-order chi connectivity index (χ0) is 53.1. The Morgan fingerprint density at radius 2 is 1.71 bits per heavy atom. The Bertz CT molecular complexity index is 2970. The van der Waals surface area contributed by atoms with E-state index in [0.717, 1.165) is 74.6 Å². The molecule has 0 amide bonds. The van der Waals surface area contributed by atoms with Crippen LogP contribution in [0.1, 0.15) is 135 Å². The number of aliphatic hydroxyl groups excluding tert-OH is 5. The summed E-state index contributed by atoms with van der Waals surface area (Å²) >= 11 is 0. The average Bonchev–Trinajstić information content (AvgIpc) is 3.29. The molecule has 4 aliphatic heterocycles. The number of aldehydes is 1. The number of benzene rings is 2. The third kappa shape index (κ3) is 6.91. The van der Waals surface area contributed by atoms with Gasteiger partial charge in [0, 0.05) is 41.0 Å². The van der Waals surface area contributed by atoms with Crippen molar-refractivity contribution >= 4 is 39.4 Å². The minimum absolute atomic E-state index is 0.0152. The molecule has 2 aromatic carbocycles. The van der Waals surface area contributed by atoms with E-state index in [-0.39, 0.29) is 71.2 Å². The summed E-state index contributed by atoms with van der Waals surface area (Å²) in [6.45, 7) is -0.301. The zero-order valence-electron chi connectivity index (χ0n) is 43.5. The van der Waals surface area contributed by atoms with E-state index < -0.39 is 86.8 Å². The molecule has 10 bridgehead atoms. The lowest BCUT2D eigenvalue weighted by Crippen LogP contribution is -2.88. The number of carbonyl (C=O) groups is 3. The predicted molar refractivity (Wildman–Crippen MR) is 288 cm³/mol. The molecule has 4 heterocycles. The highest BCUT2D eigenvalue weighted by Crippen LogP contribution is 2.79. The van der Waals surface area contributed by atoms with E-state index in [2.05, 4.69) is 16.7 Å². The number of rotatable bonds is 8. The smallest absolute Gasteiger partial charge is 0.240 e. The first-order valence-corrected chi connectivity index (χ1v) is 31.0. The summed E-state index contributed by atoms with van der Waals surface area (Å²) in [7, 11) is 2.91. The summed E-state index contributed by atoms with van der Waals surface area (Å²) in [6, 6.07) is 12.2. The number of nitrogens with one attached hydrogen (secondary N) is 2. The van der Waals surface area contributed by atoms with Crippen LogP contribution >= 0.6 is 21.6 Å². The number of hydrogen-bond acceptors (Lipinski definition) is 16. The van der Waals surface area contributed by atoms with Gasteiger partial charge in [-0.15, -0.1) is 0 Å². The van der Waals surface area contributed by atoms with Crippen LogP contribution in [-0.4, -0.2) is 113 Å². The van der Waals surface area contributed by atoms with Gasteiger partial charge in [0.2, 0.25) is 5.79 Å². The summed E-state index contributed by atoms with van der Waals surface area (Å²) in [5.41, 5.74) is -3.64. The highest BCUT2D eigenvalue weighted by molar-refractivity contribution is 8.76. The topological polar surface area (TPSA) is 235 Å². The third-order valence-corrected chi connectivity index (χ3v) is 25.2. The van der Waals surface area contributed by atoms with Gasteiger partial charge in [0.15, 0.2) is 17.7 Å². The van der Waals surface area contributed by atoms with Crippen LogP contribution < -0.4 is 15.4 Å². The first-order valence-electron chi connectivity index (χ1n) is 28.6. The Balaban J connectivity index is 0.962. The van der Waals surface area contributed by atoms with E-state index in [0.29, 0.717) is 68.5 Å². The third-order valence-electron chi connectivity index (χ3n) is 22.5. The van der Waals surface area contributed by atoms with Crippen molar-refractivity contribution in [3.8, 4) is 5.75 Å². The number of ether oxygens (including phenoxy) is 2. The van der Waals surface area contributed by atoms with E-state index in [9.17, 15) is 40.5 Å². The van der Waals surface area contributed by atoms with E-state index in [4.69, 9.17) is 9.47 Å². The maximum Gasteiger partial charge on any atom is 0.240 e. The molecule has 0 aromatic heterocycles. The molecular formula is C61H72N2O12S2.